The van der Waals surface area contributed by atoms with Crippen LogP contribution in [0, 0.1) is 4.91 Å². The standard InChI is InChI=1S/C24H24N6O4/c25-20-21(23(32)17-7-2-1-6-16(17)22(20)31)30(27-33)11-5-10-28-12-14-29(15-13-28)24-26-18-8-3-4-9-19(18)34-24/h1-4,6-9H,5,10-15,25H2. The Balaban J connectivity index is 1.17. The number of para-hydroxylation sites is 2. The van der Waals surface area contributed by atoms with E-state index in [-0.39, 0.29) is 29.1 Å². The van der Waals surface area contributed by atoms with Crippen molar-refractivity contribution in [3.8, 4) is 0 Å². The molecule has 0 atom stereocenters. The van der Waals surface area contributed by atoms with Crippen LogP contribution in [0.25, 0.3) is 11.1 Å². The third kappa shape index (κ3) is 3.92. The molecule has 34 heavy (non-hydrogen) atoms. The summed E-state index contributed by atoms with van der Waals surface area (Å²) in [4.78, 5) is 46.0. The van der Waals surface area contributed by atoms with Gasteiger partial charge in [0.25, 0.3) is 6.01 Å². The van der Waals surface area contributed by atoms with Gasteiger partial charge in [-0.25, -0.2) is 5.01 Å². The molecule has 1 fully saturated rings. The number of rotatable bonds is 7. The van der Waals surface area contributed by atoms with Crippen molar-refractivity contribution < 1.29 is 14.0 Å². The normalized spacial score (nSPS) is 16.8. The molecule has 2 aromatic carbocycles. The van der Waals surface area contributed by atoms with Crippen molar-refractivity contribution in [1.82, 2.24) is 14.9 Å². The van der Waals surface area contributed by atoms with Gasteiger partial charge in [-0.1, -0.05) is 36.4 Å². The molecule has 2 N–H and O–H groups in total. The fourth-order valence-corrected chi connectivity index (χ4v) is 4.43. The molecular weight excluding hydrogens is 436 g/mol. The molecule has 2 heterocycles. The fourth-order valence-electron chi connectivity index (χ4n) is 4.43. The van der Waals surface area contributed by atoms with Gasteiger partial charge in [-0.15, -0.1) is 4.91 Å². The number of piperazine rings is 1. The highest BCUT2D eigenvalue weighted by molar-refractivity contribution is 6.26. The van der Waals surface area contributed by atoms with Gasteiger partial charge in [0.15, 0.2) is 5.58 Å². The van der Waals surface area contributed by atoms with E-state index < -0.39 is 11.6 Å². The van der Waals surface area contributed by atoms with Crippen molar-refractivity contribution in [1.29, 1.82) is 0 Å². The molecule has 1 aromatic heterocycles. The van der Waals surface area contributed by atoms with Gasteiger partial charge < -0.3 is 15.1 Å². The van der Waals surface area contributed by atoms with Gasteiger partial charge in [0, 0.05) is 50.4 Å². The van der Waals surface area contributed by atoms with E-state index in [4.69, 9.17) is 10.2 Å². The van der Waals surface area contributed by atoms with Crippen LogP contribution in [0.2, 0.25) is 0 Å². The summed E-state index contributed by atoms with van der Waals surface area (Å²) in [6.07, 6.45) is 0.578. The lowest BCUT2D eigenvalue weighted by Gasteiger charge is -2.34. The molecule has 2 aliphatic rings. The largest absolute Gasteiger partial charge is 0.423 e. The van der Waals surface area contributed by atoms with Crippen LogP contribution in [0.4, 0.5) is 6.01 Å². The molecule has 1 aliphatic carbocycles. The summed E-state index contributed by atoms with van der Waals surface area (Å²) < 4.78 is 5.86. The summed E-state index contributed by atoms with van der Waals surface area (Å²) in [5, 5.41) is 4.01. The second-order valence-corrected chi connectivity index (χ2v) is 8.32. The predicted octanol–water partition coefficient (Wildman–Crippen LogP) is 2.57. The highest BCUT2D eigenvalue weighted by Gasteiger charge is 2.34. The van der Waals surface area contributed by atoms with E-state index >= 15 is 0 Å². The molecule has 5 rings (SSSR count). The molecule has 1 aliphatic heterocycles. The summed E-state index contributed by atoms with van der Waals surface area (Å²) in [5.74, 6) is -0.923. The Hall–Kier alpha value is -4.05. The number of hydrogen-bond acceptors (Lipinski definition) is 9. The van der Waals surface area contributed by atoms with Crippen molar-refractivity contribution >= 4 is 28.7 Å². The van der Waals surface area contributed by atoms with Crippen LogP contribution in [-0.4, -0.2) is 65.7 Å². The zero-order valence-corrected chi connectivity index (χ0v) is 18.5. The monoisotopic (exact) mass is 460 g/mol. The first-order valence-corrected chi connectivity index (χ1v) is 11.2. The van der Waals surface area contributed by atoms with Gasteiger partial charge in [-0.05, 0) is 18.6 Å². The Labute approximate surface area is 195 Å². The maximum Gasteiger partial charge on any atom is 0.298 e. The van der Waals surface area contributed by atoms with Crippen molar-refractivity contribution in [2.75, 3.05) is 44.2 Å². The van der Waals surface area contributed by atoms with E-state index in [9.17, 15) is 14.5 Å². The SMILES string of the molecule is NC1=C(N(CCCN2CCN(c3nc4ccccc4o3)CC2)N=O)C(=O)c2ccccc2C1=O. The molecule has 1 saturated heterocycles. The fraction of sp³-hybridized carbons (Fsp3) is 0.292. The third-order valence-electron chi connectivity index (χ3n) is 6.26. The minimum absolute atomic E-state index is 0.139. The number of ketones is 2. The smallest absolute Gasteiger partial charge is 0.298 e. The molecule has 0 radical (unpaired) electrons. The van der Waals surface area contributed by atoms with Gasteiger partial charge in [-0.2, -0.15) is 4.98 Å². The van der Waals surface area contributed by atoms with E-state index in [0.717, 1.165) is 42.3 Å². The molecule has 0 saturated carbocycles. The lowest BCUT2D eigenvalue weighted by molar-refractivity contribution is 0.0937. The van der Waals surface area contributed by atoms with Crippen LogP contribution in [0.3, 0.4) is 0 Å². The predicted molar refractivity (Wildman–Crippen MR) is 126 cm³/mol. The number of benzene rings is 2. The van der Waals surface area contributed by atoms with Gasteiger partial charge >= 0.3 is 0 Å². The zero-order chi connectivity index (χ0) is 23.7. The van der Waals surface area contributed by atoms with E-state index in [1.165, 1.54) is 0 Å². The number of nitroso groups, excluding NO2 is 1. The highest BCUT2D eigenvalue weighted by Crippen LogP contribution is 2.27. The summed E-state index contributed by atoms with van der Waals surface area (Å²) in [6.45, 7) is 4.05. The number of anilines is 1. The van der Waals surface area contributed by atoms with Crippen LogP contribution in [0.15, 0.2) is 69.6 Å². The number of carbonyl (C=O) groups is 2. The average Bonchev–Trinajstić information content (AvgIpc) is 3.31. The van der Waals surface area contributed by atoms with Crippen molar-refractivity contribution in [3.05, 3.63) is 76.0 Å². The second kappa shape index (κ2) is 9.06. The Bertz CT molecular complexity index is 1260. The average molecular weight is 460 g/mol. The van der Waals surface area contributed by atoms with E-state index in [2.05, 4.69) is 20.1 Å². The van der Waals surface area contributed by atoms with E-state index in [0.29, 0.717) is 19.0 Å². The molecule has 10 nitrogen and oxygen atoms in total. The second-order valence-electron chi connectivity index (χ2n) is 8.32. The number of Topliss-reactive ketones (excluding diaryl/α,β-unsaturated/α-hetero) is 2. The maximum atomic E-state index is 12.9. The van der Waals surface area contributed by atoms with Crippen LogP contribution < -0.4 is 10.6 Å². The Morgan fingerprint density at radius 3 is 2.35 bits per heavy atom. The zero-order valence-electron chi connectivity index (χ0n) is 18.5. The van der Waals surface area contributed by atoms with Crippen LogP contribution in [0.5, 0.6) is 0 Å². The molecule has 10 heteroatoms. The van der Waals surface area contributed by atoms with Crippen LogP contribution in [0.1, 0.15) is 27.1 Å². The Morgan fingerprint density at radius 1 is 0.971 bits per heavy atom. The highest BCUT2D eigenvalue weighted by atomic mass is 16.4. The van der Waals surface area contributed by atoms with Gasteiger partial charge in [-0.3, -0.25) is 14.5 Å². The minimum atomic E-state index is -0.464. The first kappa shape index (κ1) is 21.8. The quantitative estimate of drug-likeness (QED) is 0.418. The van der Waals surface area contributed by atoms with Gasteiger partial charge in [0.2, 0.25) is 11.6 Å². The minimum Gasteiger partial charge on any atom is -0.423 e. The molecule has 3 aromatic rings. The Morgan fingerprint density at radius 2 is 1.65 bits per heavy atom. The van der Waals surface area contributed by atoms with Gasteiger partial charge in [0.05, 0.1) is 5.29 Å². The first-order valence-electron chi connectivity index (χ1n) is 11.2. The third-order valence-corrected chi connectivity index (χ3v) is 6.26. The van der Waals surface area contributed by atoms with Crippen LogP contribution in [-0.2, 0) is 0 Å². The number of fused-ring (bicyclic) bond motifs is 2. The van der Waals surface area contributed by atoms with E-state index in [1.54, 1.807) is 24.3 Å². The summed E-state index contributed by atoms with van der Waals surface area (Å²) in [7, 11) is 0. The number of hydrogen-bond donors (Lipinski definition) is 1. The van der Waals surface area contributed by atoms with Crippen molar-refractivity contribution in [2.45, 2.75) is 6.42 Å². The van der Waals surface area contributed by atoms with Gasteiger partial charge in [0.1, 0.15) is 16.9 Å². The Kier molecular flexibility index (Phi) is 5.81. The molecular formula is C24H24N6O4. The van der Waals surface area contributed by atoms with Crippen molar-refractivity contribution in [2.24, 2.45) is 11.0 Å². The lowest BCUT2D eigenvalue weighted by Crippen LogP contribution is -2.47. The van der Waals surface area contributed by atoms with Crippen LogP contribution >= 0.6 is 0 Å². The van der Waals surface area contributed by atoms with E-state index in [1.807, 2.05) is 24.3 Å². The number of aromatic nitrogens is 1. The number of carbonyl (C=O) groups excluding carboxylic acids is 2. The number of allylic oxidation sites excluding steroid dienone is 2. The lowest BCUT2D eigenvalue weighted by atomic mass is 9.90. The summed E-state index contributed by atoms with van der Waals surface area (Å²) >= 11 is 0. The maximum absolute atomic E-state index is 12.9. The number of nitrogens with two attached hydrogens (primary N) is 1. The first-order chi connectivity index (χ1) is 16.6. The summed E-state index contributed by atoms with van der Waals surface area (Å²) in [5.41, 5.74) is 7.67. The number of nitrogens with zero attached hydrogens (tertiary/aromatic N) is 5. The molecule has 0 spiro atoms. The summed E-state index contributed by atoms with van der Waals surface area (Å²) in [6, 6.07) is 14.8. The molecule has 0 amide bonds. The number of oxazole rings is 1. The molecule has 0 unspecified atom stereocenters. The molecule has 0 bridgehead atoms. The topological polar surface area (TPSA) is 125 Å². The molecule has 174 valence electrons. The van der Waals surface area contributed by atoms with Crippen molar-refractivity contribution in [3.63, 3.8) is 0 Å².